The number of aliphatic hydroxyl groups excluding tert-OH is 1. The number of aliphatic hydroxyl groups is 1. The van der Waals surface area contributed by atoms with Gasteiger partial charge in [-0.2, -0.15) is 0 Å². The molecule has 1 fully saturated rings. The van der Waals surface area contributed by atoms with Crippen molar-refractivity contribution < 1.29 is 19.3 Å². The molecule has 168 valence electrons. The molecule has 1 saturated heterocycles. The van der Waals surface area contributed by atoms with E-state index in [1.54, 1.807) is 7.11 Å². The van der Waals surface area contributed by atoms with Gasteiger partial charge in [0.05, 0.1) is 19.4 Å². The first-order valence-corrected chi connectivity index (χ1v) is 10.9. The second kappa shape index (κ2) is 11.6. The maximum atomic E-state index is 10.5. The minimum absolute atomic E-state index is 0.229. The first-order valence-electron chi connectivity index (χ1n) is 10.9. The van der Waals surface area contributed by atoms with Gasteiger partial charge in [-0.3, -0.25) is 4.90 Å². The molecule has 0 spiro atoms. The van der Waals surface area contributed by atoms with Crippen LogP contribution in [0.3, 0.4) is 0 Å². The second-order valence-electron chi connectivity index (χ2n) is 7.56. The van der Waals surface area contributed by atoms with Crippen LogP contribution in [0.5, 0.6) is 17.2 Å². The van der Waals surface area contributed by atoms with Crippen molar-refractivity contribution in [3.63, 3.8) is 0 Å². The highest BCUT2D eigenvalue weighted by Crippen LogP contribution is 2.30. The van der Waals surface area contributed by atoms with Gasteiger partial charge < -0.3 is 24.2 Å². The van der Waals surface area contributed by atoms with Gasteiger partial charge in [0.25, 0.3) is 0 Å². The lowest BCUT2D eigenvalue weighted by Gasteiger charge is -2.37. The molecule has 0 saturated carbocycles. The summed E-state index contributed by atoms with van der Waals surface area (Å²) in [6.07, 6.45) is 3.42. The quantitative estimate of drug-likeness (QED) is 0.625. The molecule has 1 heterocycles. The summed E-state index contributed by atoms with van der Waals surface area (Å²) < 4.78 is 17.0. The van der Waals surface area contributed by atoms with Crippen molar-refractivity contribution in [2.24, 2.45) is 0 Å². The molecule has 1 aliphatic heterocycles. The van der Waals surface area contributed by atoms with Crippen LogP contribution in [0.4, 0.5) is 5.69 Å². The van der Waals surface area contributed by atoms with Gasteiger partial charge >= 0.3 is 0 Å². The van der Waals surface area contributed by atoms with Gasteiger partial charge in [-0.25, -0.2) is 0 Å². The first-order chi connectivity index (χ1) is 15.1. The van der Waals surface area contributed by atoms with Crippen molar-refractivity contribution in [1.29, 1.82) is 0 Å². The monoisotopic (exact) mass is 426 g/mol. The van der Waals surface area contributed by atoms with Crippen LogP contribution in [0.2, 0.25) is 0 Å². The van der Waals surface area contributed by atoms with E-state index in [-0.39, 0.29) is 6.61 Å². The van der Waals surface area contributed by atoms with Crippen molar-refractivity contribution in [2.45, 2.75) is 20.0 Å². The van der Waals surface area contributed by atoms with Crippen LogP contribution in [0.25, 0.3) is 6.08 Å². The predicted molar refractivity (Wildman–Crippen MR) is 125 cm³/mol. The first kappa shape index (κ1) is 23.0. The van der Waals surface area contributed by atoms with Gasteiger partial charge in [-0.05, 0) is 43.7 Å². The number of piperazine rings is 1. The lowest BCUT2D eigenvalue weighted by atomic mass is 10.2. The minimum atomic E-state index is -0.567. The fourth-order valence-electron chi connectivity index (χ4n) is 3.80. The summed E-state index contributed by atoms with van der Waals surface area (Å²) in [6, 6.07) is 14.0. The molecule has 1 atom stereocenters. The molecular weight excluding hydrogens is 392 g/mol. The number of methoxy groups -OCH3 is 1. The minimum Gasteiger partial charge on any atom is -0.493 e. The Bertz CT molecular complexity index is 847. The summed E-state index contributed by atoms with van der Waals surface area (Å²) in [5.41, 5.74) is 2.19. The van der Waals surface area contributed by atoms with Gasteiger partial charge in [0.1, 0.15) is 18.5 Å². The Hall–Kier alpha value is -2.70. The smallest absolute Gasteiger partial charge is 0.161 e. The number of para-hydroxylation sites is 2. The summed E-state index contributed by atoms with van der Waals surface area (Å²) in [7, 11) is 1.63. The summed E-state index contributed by atoms with van der Waals surface area (Å²) in [5.74, 6) is 2.25. The second-order valence-corrected chi connectivity index (χ2v) is 7.56. The Balaban J connectivity index is 1.48. The van der Waals surface area contributed by atoms with Crippen LogP contribution < -0.4 is 19.1 Å². The normalized spacial score (nSPS) is 15.8. The fraction of sp³-hybridized carbons (Fsp3) is 0.440. The van der Waals surface area contributed by atoms with E-state index in [2.05, 4.69) is 15.9 Å². The van der Waals surface area contributed by atoms with Crippen molar-refractivity contribution in [3.8, 4) is 17.2 Å². The Labute approximate surface area is 185 Å². The van der Waals surface area contributed by atoms with E-state index >= 15 is 0 Å². The molecule has 0 aromatic heterocycles. The molecule has 1 aliphatic rings. The average Bonchev–Trinajstić information content (AvgIpc) is 2.79. The lowest BCUT2D eigenvalue weighted by Crippen LogP contribution is -2.49. The summed E-state index contributed by atoms with van der Waals surface area (Å²) >= 11 is 0. The Kier molecular flexibility index (Phi) is 8.62. The van der Waals surface area contributed by atoms with Crippen LogP contribution in [-0.4, -0.2) is 69.2 Å². The van der Waals surface area contributed by atoms with Crippen LogP contribution >= 0.6 is 0 Å². The van der Waals surface area contributed by atoms with Gasteiger partial charge in [-0.1, -0.05) is 30.4 Å². The summed E-state index contributed by atoms with van der Waals surface area (Å²) in [4.78, 5) is 4.63. The SMILES string of the molecule is C/C=C/c1ccc(OCC(O)CN2CCN(c3ccccc3OCC)CC2)c(OC)c1. The highest BCUT2D eigenvalue weighted by molar-refractivity contribution is 5.59. The van der Waals surface area contributed by atoms with Gasteiger partial charge in [0.2, 0.25) is 0 Å². The molecule has 6 nitrogen and oxygen atoms in total. The zero-order valence-electron chi connectivity index (χ0n) is 18.8. The number of anilines is 1. The molecule has 1 unspecified atom stereocenters. The van der Waals surface area contributed by atoms with Crippen molar-refractivity contribution in [2.75, 3.05) is 57.9 Å². The van der Waals surface area contributed by atoms with E-state index in [1.165, 1.54) is 0 Å². The number of benzene rings is 2. The van der Waals surface area contributed by atoms with E-state index in [0.29, 0.717) is 24.7 Å². The third-order valence-corrected chi connectivity index (χ3v) is 5.33. The topological polar surface area (TPSA) is 54.4 Å². The highest BCUT2D eigenvalue weighted by atomic mass is 16.5. The van der Waals surface area contributed by atoms with Crippen molar-refractivity contribution >= 4 is 11.8 Å². The zero-order valence-corrected chi connectivity index (χ0v) is 18.8. The van der Waals surface area contributed by atoms with E-state index < -0.39 is 6.10 Å². The van der Waals surface area contributed by atoms with Crippen LogP contribution in [-0.2, 0) is 0 Å². The van der Waals surface area contributed by atoms with Gasteiger partial charge in [0, 0.05) is 32.7 Å². The molecule has 0 amide bonds. The van der Waals surface area contributed by atoms with E-state index in [9.17, 15) is 5.11 Å². The molecule has 0 bridgehead atoms. The number of hydrogen-bond acceptors (Lipinski definition) is 6. The maximum Gasteiger partial charge on any atom is 0.161 e. The Morgan fingerprint density at radius 1 is 1.00 bits per heavy atom. The molecule has 6 heteroatoms. The Morgan fingerprint density at radius 2 is 1.77 bits per heavy atom. The third-order valence-electron chi connectivity index (χ3n) is 5.33. The molecular formula is C25H34N2O4. The van der Waals surface area contributed by atoms with Crippen LogP contribution in [0.1, 0.15) is 19.4 Å². The summed E-state index contributed by atoms with van der Waals surface area (Å²) in [5, 5.41) is 10.5. The molecule has 0 aliphatic carbocycles. The molecule has 3 rings (SSSR count). The third kappa shape index (κ3) is 6.39. The van der Waals surface area contributed by atoms with Crippen LogP contribution in [0, 0.1) is 0 Å². The molecule has 1 N–H and O–H groups in total. The number of allylic oxidation sites excluding steroid dienone is 1. The number of hydrogen-bond donors (Lipinski definition) is 1. The summed E-state index contributed by atoms with van der Waals surface area (Å²) in [6.45, 7) is 9.03. The molecule has 2 aromatic carbocycles. The maximum absolute atomic E-state index is 10.5. The van der Waals surface area contributed by atoms with Crippen molar-refractivity contribution in [3.05, 3.63) is 54.1 Å². The number of ether oxygens (including phenoxy) is 3. The molecule has 31 heavy (non-hydrogen) atoms. The molecule has 0 radical (unpaired) electrons. The zero-order chi connectivity index (χ0) is 22.1. The standard InChI is InChI=1S/C25H34N2O4/c1-4-8-20-11-12-24(25(17-20)29-3)31-19-21(28)18-26-13-15-27(16-14-26)22-9-6-7-10-23(22)30-5-2/h4,6-12,17,21,28H,5,13-16,18-19H2,1-3H3/b8-4+. The number of nitrogens with zero attached hydrogens (tertiary/aromatic N) is 2. The van der Waals surface area contributed by atoms with E-state index in [1.807, 2.05) is 62.4 Å². The van der Waals surface area contributed by atoms with Gasteiger partial charge in [-0.15, -0.1) is 0 Å². The van der Waals surface area contributed by atoms with E-state index in [0.717, 1.165) is 43.2 Å². The number of β-amino-alcohol motifs (C(OH)–C–C–N with tert-alkyl or cyclic N) is 1. The van der Waals surface area contributed by atoms with E-state index in [4.69, 9.17) is 14.2 Å². The number of rotatable bonds is 10. The fourth-order valence-corrected chi connectivity index (χ4v) is 3.80. The van der Waals surface area contributed by atoms with Crippen LogP contribution in [0.15, 0.2) is 48.5 Å². The largest absolute Gasteiger partial charge is 0.493 e. The molecule has 2 aromatic rings. The predicted octanol–water partition coefficient (Wildman–Crippen LogP) is 3.69. The lowest BCUT2D eigenvalue weighted by molar-refractivity contribution is 0.0653. The van der Waals surface area contributed by atoms with Crippen molar-refractivity contribution in [1.82, 2.24) is 4.90 Å². The van der Waals surface area contributed by atoms with Gasteiger partial charge in [0.15, 0.2) is 11.5 Å². The Morgan fingerprint density at radius 3 is 2.48 bits per heavy atom. The highest BCUT2D eigenvalue weighted by Gasteiger charge is 2.21. The average molecular weight is 427 g/mol.